The zero-order chi connectivity index (χ0) is 18.8. The maximum absolute atomic E-state index is 12.4. The van der Waals surface area contributed by atoms with Crippen LogP contribution in [0, 0.1) is 10.1 Å². The largest absolute Gasteiger partial charge is 0.406 e. The van der Waals surface area contributed by atoms with Crippen LogP contribution in [0.2, 0.25) is 0 Å². The molecule has 1 atom stereocenters. The molecule has 8 nitrogen and oxygen atoms in total. The molecule has 0 aliphatic carbocycles. The van der Waals surface area contributed by atoms with Crippen molar-refractivity contribution in [1.82, 2.24) is 10.2 Å². The van der Waals surface area contributed by atoms with Crippen LogP contribution in [0.15, 0.2) is 18.2 Å². The molecule has 11 heteroatoms. The van der Waals surface area contributed by atoms with Crippen LogP contribution < -0.4 is 10.6 Å². The molecule has 1 heterocycles. The van der Waals surface area contributed by atoms with E-state index in [1.807, 2.05) is 0 Å². The van der Waals surface area contributed by atoms with E-state index in [4.69, 9.17) is 0 Å². The van der Waals surface area contributed by atoms with Crippen LogP contribution in [0.3, 0.4) is 0 Å². The lowest BCUT2D eigenvalue weighted by molar-refractivity contribution is -0.384. The minimum Gasteiger partial charge on any atom is -0.368 e. The van der Waals surface area contributed by atoms with Gasteiger partial charge in [0.25, 0.3) is 11.6 Å². The zero-order valence-corrected chi connectivity index (χ0v) is 13.1. The number of hydrogen-bond acceptors (Lipinski definition) is 5. The van der Waals surface area contributed by atoms with Crippen molar-refractivity contribution in [2.45, 2.75) is 18.6 Å². The standard InChI is InChI=1S/C14H15F3N4O4/c1-18-12(22)8-2-3-9(11(6-8)21(24)25)19-10-4-5-20(13(10)23)7-14(15,16)17/h2-3,6,10,19H,4-5,7H2,1H3,(H,18,22). The van der Waals surface area contributed by atoms with Gasteiger partial charge in [-0.1, -0.05) is 0 Å². The molecular formula is C14H15F3N4O4. The quantitative estimate of drug-likeness (QED) is 0.612. The van der Waals surface area contributed by atoms with Gasteiger partial charge in [-0.25, -0.2) is 0 Å². The minimum atomic E-state index is -4.51. The summed E-state index contributed by atoms with van der Waals surface area (Å²) in [6, 6.07) is 2.62. The van der Waals surface area contributed by atoms with Gasteiger partial charge in [-0.15, -0.1) is 0 Å². The van der Waals surface area contributed by atoms with E-state index in [1.165, 1.54) is 19.2 Å². The highest BCUT2D eigenvalue weighted by Gasteiger charge is 2.39. The van der Waals surface area contributed by atoms with E-state index < -0.39 is 41.2 Å². The van der Waals surface area contributed by atoms with Gasteiger partial charge in [-0.3, -0.25) is 19.7 Å². The number of carbonyl (C=O) groups excluding carboxylic acids is 2. The molecule has 2 N–H and O–H groups in total. The highest BCUT2D eigenvalue weighted by molar-refractivity contribution is 5.96. The number of nitro groups is 1. The Bertz CT molecular complexity index is 708. The van der Waals surface area contributed by atoms with E-state index in [2.05, 4.69) is 10.6 Å². The predicted octanol–water partition coefficient (Wildman–Crippen LogP) is 1.53. The average Bonchev–Trinajstić information content (AvgIpc) is 2.85. The van der Waals surface area contributed by atoms with Gasteiger partial charge in [0.15, 0.2) is 0 Å². The Labute approximate surface area is 140 Å². The highest BCUT2D eigenvalue weighted by atomic mass is 19.4. The molecule has 0 saturated carbocycles. The SMILES string of the molecule is CNC(=O)c1ccc(NC2CCN(CC(F)(F)F)C2=O)c([N+](=O)[O-])c1. The summed E-state index contributed by atoms with van der Waals surface area (Å²) < 4.78 is 37.3. The molecule has 0 spiro atoms. The van der Waals surface area contributed by atoms with Crippen molar-refractivity contribution in [2.24, 2.45) is 0 Å². The number of hydrogen-bond donors (Lipinski definition) is 2. The van der Waals surface area contributed by atoms with E-state index in [1.54, 1.807) is 0 Å². The molecular weight excluding hydrogens is 345 g/mol. The number of likely N-dealkylation sites (tertiary alicyclic amines) is 1. The fourth-order valence-electron chi connectivity index (χ4n) is 2.52. The summed E-state index contributed by atoms with van der Waals surface area (Å²) in [6.07, 6.45) is -4.42. The molecule has 1 aliphatic rings. The molecule has 0 aromatic heterocycles. The second-order valence-electron chi connectivity index (χ2n) is 5.43. The normalized spacial score (nSPS) is 17.5. The van der Waals surface area contributed by atoms with Crippen LogP contribution in [0.5, 0.6) is 0 Å². The van der Waals surface area contributed by atoms with Gasteiger partial charge < -0.3 is 15.5 Å². The third-order valence-corrected chi connectivity index (χ3v) is 3.68. The van der Waals surface area contributed by atoms with Crippen molar-refractivity contribution < 1.29 is 27.7 Å². The van der Waals surface area contributed by atoms with Gasteiger partial charge in [0, 0.05) is 25.2 Å². The molecule has 1 saturated heterocycles. The van der Waals surface area contributed by atoms with Crippen LogP contribution in [-0.4, -0.2) is 54.0 Å². The van der Waals surface area contributed by atoms with Gasteiger partial charge in [-0.2, -0.15) is 13.2 Å². The second-order valence-corrected chi connectivity index (χ2v) is 5.43. The van der Waals surface area contributed by atoms with Gasteiger partial charge in [0.05, 0.1) is 4.92 Å². The van der Waals surface area contributed by atoms with Crippen LogP contribution in [0.1, 0.15) is 16.8 Å². The van der Waals surface area contributed by atoms with Gasteiger partial charge in [0.1, 0.15) is 18.3 Å². The molecule has 1 aromatic rings. The van der Waals surface area contributed by atoms with E-state index in [0.717, 1.165) is 6.07 Å². The smallest absolute Gasteiger partial charge is 0.368 e. The molecule has 1 aromatic carbocycles. The number of benzene rings is 1. The van der Waals surface area contributed by atoms with Crippen LogP contribution in [0.4, 0.5) is 24.5 Å². The number of nitrogens with one attached hydrogen (secondary N) is 2. The highest BCUT2D eigenvalue weighted by Crippen LogP contribution is 2.29. The number of nitrogens with zero attached hydrogens (tertiary/aromatic N) is 2. The summed E-state index contributed by atoms with van der Waals surface area (Å²) in [5.41, 5.74) is -0.427. The lowest BCUT2D eigenvalue weighted by Gasteiger charge is -2.19. The molecule has 2 rings (SSSR count). The zero-order valence-electron chi connectivity index (χ0n) is 13.1. The lowest BCUT2D eigenvalue weighted by Crippen LogP contribution is -2.39. The van der Waals surface area contributed by atoms with E-state index >= 15 is 0 Å². The minimum absolute atomic E-state index is 0.0372. The first-order chi connectivity index (χ1) is 11.6. The van der Waals surface area contributed by atoms with Crippen molar-refractivity contribution in [3.8, 4) is 0 Å². The average molecular weight is 360 g/mol. The van der Waals surface area contributed by atoms with Crippen molar-refractivity contribution in [3.63, 3.8) is 0 Å². The Morgan fingerprint density at radius 3 is 2.68 bits per heavy atom. The van der Waals surface area contributed by atoms with Crippen LogP contribution >= 0.6 is 0 Å². The maximum atomic E-state index is 12.4. The summed E-state index contributed by atoms with van der Waals surface area (Å²) in [6.45, 7) is -1.46. The Kier molecular flexibility index (Phi) is 5.14. The summed E-state index contributed by atoms with van der Waals surface area (Å²) in [4.78, 5) is 34.7. The van der Waals surface area contributed by atoms with E-state index in [9.17, 15) is 32.9 Å². The summed E-state index contributed by atoms with van der Waals surface area (Å²) >= 11 is 0. The van der Waals surface area contributed by atoms with Crippen molar-refractivity contribution in [2.75, 3.05) is 25.5 Å². The summed E-state index contributed by atoms with van der Waals surface area (Å²) in [7, 11) is 1.37. The Hall–Kier alpha value is -2.85. The number of rotatable bonds is 5. The number of anilines is 1. The number of halogens is 3. The molecule has 0 radical (unpaired) electrons. The molecule has 136 valence electrons. The Balaban J connectivity index is 2.19. The van der Waals surface area contributed by atoms with Crippen molar-refractivity contribution >= 4 is 23.2 Å². The van der Waals surface area contributed by atoms with Crippen molar-refractivity contribution in [3.05, 3.63) is 33.9 Å². The number of alkyl halides is 3. The molecule has 1 fully saturated rings. The fourth-order valence-corrected chi connectivity index (χ4v) is 2.52. The van der Waals surface area contributed by atoms with Gasteiger partial charge >= 0.3 is 6.18 Å². The molecule has 1 aliphatic heterocycles. The first kappa shape index (κ1) is 18.5. The number of nitro benzene ring substituents is 1. The Morgan fingerprint density at radius 2 is 2.12 bits per heavy atom. The van der Waals surface area contributed by atoms with Gasteiger partial charge in [-0.05, 0) is 18.6 Å². The molecule has 1 unspecified atom stereocenters. The van der Waals surface area contributed by atoms with Gasteiger partial charge in [0.2, 0.25) is 5.91 Å². The topological polar surface area (TPSA) is 105 Å². The number of carbonyl (C=O) groups is 2. The first-order valence-electron chi connectivity index (χ1n) is 7.25. The van der Waals surface area contributed by atoms with Crippen LogP contribution in [-0.2, 0) is 4.79 Å². The summed E-state index contributed by atoms with van der Waals surface area (Å²) in [5.74, 6) is -1.30. The van der Waals surface area contributed by atoms with E-state index in [0.29, 0.717) is 4.90 Å². The van der Waals surface area contributed by atoms with Crippen molar-refractivity contribution in [1.29, 1.82) is 0 Å². The molecule has 0 bridgehead atoms. The first-order valence-corrected chi connectivity index (χ1v) is 7.25. The third kappa shape index (κ3) is 4.37. The summed E-state index contributed by atoms with van der Waals surface area (Å²) in [5, 5.41) is 16.1. The number of amides is 2. The maximum Gasteiger partial charge on any atom is 0.406 e. The van der Waals surface area contributed by atoms with E-state index in [-0.39, 0.29) is 24.2 Å². The Morgan fingerprint density at radius 1 is 1.44 bits per heavy atom. The lowest BCUT2D eigenvalue weighted by atomic mass is 10.1. The fraction of sp³-hybridized carbons (Fsp3) is 0.429. The third-order valence-electron chi connectivity index (χ3n) is 3.68. The molecule has 25 heavy (non-hydrogen) atoms. The molecule has 2 amide bonds. The monoisotopic (exact) mass is 360 g/mol. The second kappa shape index (κ2) is 6.95. The predicted molar refractivity (Wildman–Crippen MR) is 81.1 cm³/mol. The van der Waals surface area contributed by atoms with Crippen LogP contribution in [0.25, 0.3) is 0 Å².